The molecule has 2 heterocycles. The van der Waals surface area contributed by atoms with Crippen molar-refractivity contribution in [2.75, 3.05) is 37.4 Å². The molecule has 0 amide bonds. The number of likely N-dealkylation sites (tertiary alicyclic amines) is 1. The lowest BCUT2D eigenvalue weighted by Crippen LogP contribution is -2.20. The van der Waals surface area contributed by atoms with Crippen LogP contribution in [0.2, 0.25) is 0 Å². The zero-order valence-corrected chi connectivity index (χ0v) is 10.7. The molecule has 1 aromatic heterocycles. The van der Waals surface area contributed by atoms with E-state index in [-0.39, 0.29) is 17.5 Å². The number of hydrogen-bond donors (Lipinski definition) is 3. The summed E-state index contributed by atoms with van der Waals surface area (Å²) in [6, 6.07) is 0. The van der Waals surface area contributed by atoms with E-state index in [0.29, 0.717) is 12.5 Å². The maximum atomic E-state index is 10.9. The van der Waals surface area contributed by atoms with Gasteiger partial charge in [0.2, 0.25) is 11.8 Å². The molecule has 1 unspecified atom stereocenters. The summed E-state index contributed by atoms with van der Waals surface area (Å²) in [4.78, 5) is 20.3. The van der Waals surface area contributed by atoms with E-state index in [2.05, 4.69) is 32.7 Å². The molecule has 19 heavy (non-hydrogen) atoms. The van der Waals surface area contributed by atoms with Crippen LogP contribution in [0, 0.1) is 16.0 Å². The van der Waals surface area contributed by atoms with E-state index in [4.69, 9.17) is 5.84 Å². The molecule has 1 saturated heterocycles. The molecule has 0 aromatic carbocycles. The van der Waals surface area contributed by atoms with Crippen LogP contribution in [0.15, 0.2) is 6.20 Å². The summed E-state index contributed by atoms with van der Waals surface area (Å²) in [5.41, 5.74) is 2.13. The Morgan fingerprint density at radius 2 is 2.47 bits per heavy atom. The number of nitro groups is 1. The SMILES string of the molecule is CN1CCC(CNc2nc(NN)ncc2[N+](=O)[O-])C1. The Bertz CT molecular complexity index is 467. The van der Waals surface area contributed by atoms with Gasteiger partial charge >= 0.3 is 5.69 Å². The van der Waals surface area contributed by atoms with E-state index in [0.717, 1.165) is 25.7 Å². The van der Waals surface area contributed by atoms with Gasteiger partial charge in [-0.15, -0.1) is 0 Å². The smallest absolute Gasteiger partial charge is 0.329 e. The van der Waals surface area contributed by atoms with Gasteiger partial charge in [-0.3, -0.25) is 15.5 Å². The van der Waals surface area contributed by atoms with Gasteiger partial charge in [-0.05, 0) is 25.9 Å². The summed E-state index contributed by atoms with van der Waals surface area (Å²) in [5, 5.41) is 13.9. The van der Waals surface area contributed by atoms with E-state index in [1.807, 2.05) is 0 Å². The molecular formula is C10H17N7O2. The van der Waals surface area contributed by atoms with Gasteiger partial charge in [-0.25, -0.2) is 10.8 Å². The standard InChI is InChI=1S/C10H17N7O2/c1-16-3-2-7(6-16)4-12-9-8(17(18)19)5-13-10(14-9)15-11/h5,7H,2-4,6,11H2,1H3,(H2,12,13,14,15). The van der Waals surface area contributed by atoms with Gasteiger partial charge in [0.05, 0.1) is 4.92 Å². The molecule has 1 fully saturated rings. The van der Waals surface area contributed by atoms with Crippen LogP contribution in [-0.4, -0.2) is 46.5 Å². The number of anilines is 2. The minimum Gasteiger partial charge on any atom is -0.364 e. The monoisotopic (exact) mass is 267 g/mol. The van der Waals surface area contributed by atoms with Crippen LogP contribution in [0.1, 0.15) is 6.42 Å². The number of aromatic nitrogens is 2. The van der Waals surface area contributed by atoms with Crippen molar-refractivity contribution in [1.82, 2.24) is 14.9 Å². The number of hydrogen-bond acceptors (Lipinski definition) is 8. The minimum absolute atomic E-state index is 0.148. The Hall–Kier alpha value is -2.00. The van der Waals surface area contributed by atoms with Crippen molar-refractivity contribution >= 4 is 17.5 Å². The molecule has 0 radical (unpaired) electrons. The fraction of sp³-hybridized carbons (Fsp3) is 0.600. The molecule has 4 N–H and O–H groups in total. The van der Waals surface area contributed by atoms with Crippen LogP contribution >= 0.6 is 0 Å². The van der Waals surface area contributed by atoms with Crippen molar-refractivity contribution in [2.24, 2.45) is 11.8 Å². The first-order valence-corrected chi connectivity index (χ1v) is 6.00. The predicted octanol–water partition coefficient (Wildman–Crippen LogP) is 0.0340. The zero-order valence-electron chi connectivity index (χ0n) is 10.7. The number of nitrogens with two attached hydrogens (primary N) is 1. The largest absolute Gasteiger partial charge is 0.364 e. The average Bonchev–Trinajstić information content (AvgIpc) is 2.81. The highest BCUT2D eigenvalue weighted by Crippen LogP contribution is 2.23. The third-order valence-electron chi connectivity index (χ3n) is 3.14. The van der Waals surface area contributed by atoms with E-state index in [1.165, 1.54) is 0 Å². The van der Waals surface area contributed by atoms with Crippen LogP contribution in [0.3, 0.4) is 0 Å². The number of hydrazine groups is 1. The van der Waals surface area contributed by atoms with Gasteiger partial charge in [-0.2, -0.15) is 4.98 Å². The van der Waals surface area contributed by atoms with Gasteiger partial charge in [-0.1, -0.05) is 0 Å². The minimum atomic E-state index is -0.511. The highest BCUT2D eigenvalue weighted by Gasteiger charge is 2.22. The fourth-order valence-corrected chi connectivity index (χ4v) is 2.14. The third-order valence-corrected chi connectivity index (χ3v) is 3.14. The summed E-state index contributed by atoms with van der Waals surface area (Å²) in [6.45, 7) is 2.67. The van der Waals surface area contributed by atoms with Crippen molar-refractivity contribution in [3.63, 3.8) is 0 Å². The second-order valence-electron chi connectivity index (χ2n) is 4.63. The number of rotatable bonds is 5. The van der Waals surface area contributed by atoms with Crippen LogP contribution in [-0.2, 0) is 0 Å². The Kier molecular flexibility index (Phi) is 4.07. The lowest BCUT2D eigenvalue weighted by Gasteiger charge is -2.12. The Labute approximate surface area is 110 Å². The summed E-state index contributed by atoms with van der Waals surface area (Å²) in [7, 11) is 2.06. The van der Waals surface area contributed by atoms with E-state index < -0.39 is 4.92 Å². The highest BCUT2D eigenvalue weighted by molar-refractivity contribution is 5.56. The lowest BCUT2D eigenvalue weighted by molar-refractivity contribution is -0.384. The maximum Gasteiger partial charge on any atom is 0.329 e. The van der Waals surface area contributed by atoms with Gasteiger partial charge in [0.25, 0.3) is 0 Å². The fourth-order valence-electron chi connectivity index (χ4n) is 2.14. The molecule has 2 rings (SSSR count). The quantitative estimate of drug-likeness (QED) is 0.388. The average molecular weight is 267 g/mol. The topological polar surface area (TPSA) is 122 Å². The molecule has 9 heteroatoms. The summed E-state index contributed by atoms with van der Waals surface area (Å²) in [6.07, 6.45) is 2.22. The summed E-state index contributed by atoms with van der Waals surface area (Å²) >= 11 is 0. The summed E-state index contributed by atoms with van der Waals surface area (Å²) < 4.78 is 0. The maximum absolute atomic E-state index is 10.9. The molecule has 0 spiro atoms. The van der Waals surface area contributed by atoms with Gasteiger partial charge in [0.1, 0.15) is 6.20 Å². The van der Waals surface area contributed by atoms with Gasteiger partial charge in [0, 0.05) is 13.1 Å². The molecule has 9 nitrogen and oxygen atoms in total. The molecule has 1 atom stereocenters. The number of nitrogens with one attached hydrogen (secondary N) is 2. The molecule has 1 aliphatic heterocycles. The van der Waals surface area contributed by atoms with E-state index in [9.17, 15) is 10.1 Å². The molecule has 1 aliphatic rings. The van der Waals surface area contributed by atoms with Crippen molar-refractivity contribution in [1.29, 1.82) is 0 Å². The van der Waals surface area contributed by atoms with Gasteiger partial charge < -0.3 is 10.2 Å². The van der Waals surface area contributed by atoms with Crippen LogP contribution < -0.4 is 16.6 Å². The third kappa shape index (κ3) is 3.26. The Morgan fingerprint density at radius 3 is 3.05 bits per heavy atom. The second kappa shape index (κ2) is 5.76. The first-order chi connectivity index (χ1) is 9.10. The molecule has 104 valence electrons. The molecule has 0 saturated carbocycles. The van der Waals surface area contributed by atoms with Gasteiger partial charge in [0.15, 0.2) is 0 Å². The van der Waals surface area contributed by atoms with Crippen molar-refractivity contribution < 1.29 is 4.92 Å². The van der Waals surface area contributed by atoms with E-state index in [1.54, 1.807) is 0 Å². The number of nitrogen functional groups attached to an aromatic ring is 1. The molecule has 1 aromatic rings. The Balaban J connectivity index is 2.06. The zero-order chi connectivity index (χ0) is 13.8. The highest BCUT2D eigenvalue weighted by atomic mass is 16.6. The predicted molar refractivity (Wildman–Crippen MR) is 70.6 cm³/mol. The van der Waals surface area contributed by atoms with Crippen molar-refractivity contribution in [3.05, 3.63) is 16.3 Å². The van der Waals surface area contributed by atoms with E-state index >= 15 is 0 Å². The molecule has 0 bridgehead atoms. The Morgan fingerprint density at radius 1 is 1.68 bits per heavy atom. The second-order valence-corrected chi connectivity index (χ2v) is 4.63. The van der Waals surface area contributed by atoms with Crippen LogP contribution in [0.25, 0.3) is 0 Å². The molecular weight excluding hydrogens is 250 g/mol. The normalized spacial score (nSPS) is 19.4. The lowest BCUT2D eigenvalue weighted by atomic mass is 10.1. The van der Waals surface area contributed by atoms with Crippen molar-refractivity contribution in [3.8, 4) is 0 Å². The first-order valence-electron chi connectivity index (χ1n) is 6.00. The molecule has 0 aliphatic carbocycles. The van der Waals surface area contributed by atoms with Crippen LogP contribution in [0.4, 0.5) is 17.5 Å². The van der Waals surface area contributed by atoms with Crippen LogP contribution in [0.5, 0.6) is 0 Å². The number of nitrogens with zero attached hydrogens (tertiary/aromatic N) is 4. The summed E-state index contributed by atoms with van der Waals surface area (Å²) in [5.74, 6) is 6.02. The first kappa shape index (κ1) is 13.4. The van der Waals surface area contributed by atoms with Crippen molar-refractivity contribution in [2.45, 2.75) is 6.42 Å².